The molecule has 70 valence electrons. The second-order valence-corrected chi connectivity index (χ2v) is 2.80. The lowest BCUT2D eigenvalue weighted by atomic mass is 10.2. The first-order valence-electron chi connectivity index (χ1n) is 4.49. The summed E-state index contributed by atoms with van der Waals surface area (Å²) in [7, 11) is 1.93. The van der Waals surface area contributed by atoms with Gasteiger partial charge in [-0.15, -0.1) is 0 Å². The number of rotatable bonds is 1. The molecule has 0 saturated carbocycles. The van der Waals surface area contributed by atoms with Crippen LogP contribution in [-0.2, 0) is 7.05 Å². The van der Waals surface area contributed by atoms with Crippen LogP contribution in [0.2, 0.25) is 0 Å². The highest BCUT2D eigenvalue weighted by molar-refractivity contribution is 4.95. The molecule has 1 aromatic heterocycles. The molecule has 0 aliphatic carbocycles. The number of nitrogens with zero attached hydrogens (tertiary/aromatic N) is 3. The Bertz CT molecular complexity index is 226. The third-order valence-corrected chi connectivity index (χ3v) is 1.42. The highest BCUT2D eigenvalue weighted by Crippen LogP contribution is 2.09. The Balaban J connectivity index is 0.000000561. The zero-order valence-electron chi connectivity index (χ0n) is 8.92. The molecule has 1 aromatic rings. The Morgan fingerprint density at radius 2 is 1.75 bits per heavy atom. The van der Waals surface area contributed by atoms with Gasteiger partial charge in [0.2, 0.25) is 0 Å². The van der Waals surface area contributed by atoms with Gasteiger partial charge in [-0.1, -0.05) is 27.7 Å². The first kappa shape index (κ1) is 11.1. The minimum Gasteiger partial charge on any atom is -0.253 e. The van der Waals surface area contributed by atoms with E-state index in [2.05, 4.69) is 23.9 Å². The molecule has 0 aliphatic heterocycles. The lowest BCUT2D eigenvalue weighted by Crippen LogP contribution is -2.00. The van der Waals surface area contributed by atoms with Crippen LogP contribution in [0.3, 0.4) is 0 Å². The summed E-state index contributed by atoms with van der Waals surface area (Å²) in [5.74, 6) is 2.37. The summed E-state index contributed by atoms with van der Waals surface area (Å²) in [5, 5.41) is 4.14. The lowest BCUT2D eigenvalue weighted by Gasteiger charge is -2.00. The second-order valence-electron chi connectivity index (χ2n) is 2.80. The van der Waals surface area contributed by atoms with E-state index in [4.69, 9.17) is 0 Å². The normalized spacial score (nSPS) is 9.58. The van der Waals surface area contributed by atoms with Gasteiger partial charge in [0.25, 0.3) is 0 Å². The van der Waals surface area contributed by atoms with Gasteiger partial charge in [0.1, 0.15) is 11.6 Å². The van der Waals surface area contributed by atoms with Crippen LogP contribution in [0.5, 0.6) is 0 Å². The van der Waals surface area contributed by atoms with Crippen molar-refractivity contribution in [3.63, 3.8) is 0 Å². The van der Waals surface area contributed by atoms with E-state index in [1.165, 1.54) is 0 Å². The van der Waals surface area contributed by atoms with Crippen molar-refractivity contribution in [1.82, 2.24) is 14.8 Å². The highest BCUT2D eigenvalue weighted by atomic mass is 15.3. The van der Waals surface area contributed by atoms with Gasteiger partial charge in [0.05, 0.1) is 0 Å². The zero-order valence-corrected chi connectivity index (χ0v) is 8.92. The summed E-state index contributed by atoms with van der Waals surface area (Å²) in [6.45, 7) is 10.1. The van der Waals surface area contributed by atoms with Crippen LogP contribution >= 0.6 is 0 Å². The largest absolute Gasteiger partial charge is 0.253 e. The molecule has 0 fully saturated rings. The second kappa shape index (κ2) is 4.91. The number of aromatic nitrogens is 3. The Labute approximate surface area is 74.8 Å². The molecular weight excluding hydrogens is 150 g/mol. The van der Waals surface area contributed by atoms with Gasteiger partial charge in [-0.2, -0.15) is 5.10 Å². The van der Waals surface area contributed by atoms with E-state index >= 15 is 0 Å². The Kier molecular flexibility index (Phi) is 4.55. The van der Waals surface area contributed by atoms with Crippen molar-refractivity contribution in [3.8, 4) is 0 Å². The molecule has 12 heavy (non-hydrogen) atoms. The van der Waals surface area contributed by atoms with E-state index in [0.29, 0.717) is 5.92 Å². The third kappa shape index (κ3) is 2.64. The van der Waals surface area contributed by atoms with Crippen LogP contribution in [0.15, 0.2) is 0 Å². The average molecular weight is 169 g/mol. The fraction of sp³-hybridized carbons (Fsp3) is 0.778. The molecule has 0 amide bonds. The van der Waals surface area contributed by atoms with E-state index in [-0.39, 0.29) is 0 Å². The Morgan fingerprint density at radius 3 is 1.92 bits per heavy atom. The monoisotopic (exact) mass is 169 g/mol. The van der Waals surface area contributed by atoms with E-state index in [1.807, 2.05) is 32.5 Å². The molecule has 3 nitrogen and oxygen atoms in total. The molecule has 0 saturated heterocycles. The molecule has 3 heteroatoms. The minimum atomic E-state index is 0.464. The van der Waals surface area contributed by atoms with Crippen LogP contribution in [-0.4, -0.2) is 14.8 Å². The van der Waals surface area contributed by atoms with E-state index in [9.17, 15) is 0 Å². The predicted octanol–water partition coefficient (Wildman–Crippen LogP) is 2.27. The first-order valence-corrected chi connectivity index (χ1v) is 4.49. The van der Waals surface area contributed by atoms with Crippen molar-refractivity contribution in [2.75, 3.05) is 0 Å². The topological polar surface area (TPSA) is 30.7 Å². The van der Waals surface area contributed by atoms with Crippen molar-refractivity contribution < 1.29 is 0 Å². The van der Waals surface area contributed by atoms with Gasteiger partial charge >= 0.3 is 0 Å². The molecule has 0 spiro atoms. The Morgan fingerprint density at radius 1 is 1.25 bits per heavy atom. The van der Waals surface area contributed by atoms with E-state index in [0.717, 1.165) is 11.6 Å². The summed E-state index contributed by atoms with van der Waals surface area (Å²) in [6, 6.07) is 0. The number of hydrogen-bond acceptors (Lipinski definition) is 2. The lowest BCUT2D eigenvalue weighted by molar-refractivity contribution is 0.653. The Hall–Kier alpha value is -0.860. The fourth-order valence-corrected chi connectivity index (χ4v) is 1.03. The van der Waals surface area contributed by atoms with Gasteiger partial charge in [-0.25, -0.2) is 4.98 Å². The summed E-state index contributed by atoms with van der Waals surface area (Å²) in [5.41, 5.74) is 0. The maximum atomic E-state index is 4.26. The van der Waals surface area contributed by atoms with Crippen LogP contribution in [0, 0.1) is 6.92 Å². The molecule has 0 unspecified atom stereocenters. The molecule has 0 atom stereocenters. The first-order chi connectivity index (χ1) is 5.61. The highest BCUT2D eigenvalue weighted by Gasteiger charge is 2.06. The summed E-state index contributed by atoms with van der Waals surface area (Å²) >= 11 is 0. The average Bonchev–Trinajstić information content (AvgIpc) is 2.34. The SMILES string of the molecule is CC.Cc1nc(C(C)C)n(C)n1. The summed E-state index contributed by atoms with van der Waals surface area (Å²) in [6.07, 6.45) is 0. The number of aryl methyl sites for hydroxylation is 2. The quantitative estimate of drug-likeness (QED) is 0.645. The fourth-order valence-electron chi connectivity index (χ4n) is 1.03. The predicted molar refractivity (Wildman–Crippen MR) is 51.2 cm³/mol. The van der Waals surface area contributed by atoms with Crippen LogP contribution in [0.1, 0.15) is 45.3 Å². The third-order valence-electron chi connectivity index (χ3n) is 1.42. The molecule has 0 bridgehead atoms. The molecular formula is C9H19N3. The van der Waals surface area contributed by atoms with Gasteiger partial charge in [-0.05, 0) is 6.92 Å². The maximum Gasteiger partial charge on any atom is 0.147 e. The molecule has 0 N–H and O–H groups in total. The maximum absolute atomic E-state index is 4.26. The minimum absolute atomic E-state index is 0.464. The molecule has 0 aliphatic rings. The summed E-state index contributed by atoms with van der Waals surface area (Å²) in [4.78, 5) is 4.26. The zero-order chi connectivity index (χ0) is 9.72. The van der Waals surface area contributed by atoms with Gasteiger partial charge in [-0.3, -0.25) is 4.68 Å². The smallest absolute Gasteiger partial charge is 0.147 e. The standard InChI is InChI=1S/C7H13N3.C2H6/c1-5(2)7-8-6(3)9-10(7)4;1-2/h5H,1-4H3;1-2H3. The van der Waals surface area contributed by atoms with Crippen molar-refractivity contribution in [1.29, 1.82) is 0 Å². The molecule has 1 heterocycles. The van der Waals surface area contributed by atoms with Crippen LogP contribution in [0.25, 0.3) is 0 Å². The summed E-state index contributed by atoms with van der Waals surface area (Å²) < 4.78 is 1.83. The van der Waals surface area contributed by atoms with Gasteiger partial charge in [0, 0.05) is 13.0 Å². The van der Waals surface area contributed by atoms with Crippen molar-refractivity contribution in [2.45, 2.75) is 40.5 Å². The van der Waals surface area contributed by atoms with Gasteiger partial charge < -0.3 is 0 Å². The van der Waals surface area contributed by atoms with E-state index < -0.39 is 0 Å². The number of hydrogen-bond donors (Lipinski definition) is 0. The van der Waals surface area contributed by atoms with Gasteiger partial charge in [0.15, 0.2) is 0 Å². The van der Waals surface area contributed by atoms with Crippen LogP contribution in [0.4, 0.5) is 0 Å². The van der Waals surface area contributed by atoms with Crippen molar-refractivity contribution in [3.05, 3.63) is 11.6 Å². The van der Waals surface area contributed by atoms with Crippen molar-refractivity contribution in [2.24, 2.45) is 7.05 Å². The van der Waals surface area contributed by atoms with E-state index in [1.54, 1.807) is 0 Å². The molecule has 1 rings (SSSR count). The van der Waals surface area contributed by atoms with Crippen molar-refractivity contribution >= 4 is 0 Å². The molecule has 0 radical (unpaired) electrons. The van der Waals surface area contributed by atoms with Crippen LogP contribution < -0.4 is 0 Å². The molecule has 0 aromatic carbocycles.